The van der Waals surface area contributed by atoms with Crippen molar-refractivity contribution in [3.05, 3.63) is 24.3 Å². The molecular formula is C13H15F3N2O4. The number of aliphatic carboxylic acids is 1. The molecule has 1 atom stereocenters. The van der Waals surface area contributed by atoms with Crippen molar-refractivity contribution in [2.24, 2.45) is 5.92 Å². The lowest BCUT2D eigenvalue weighted by atomic mass is 10.2. The van der Waals surface area contributed by atoms with Crippen LogP contribution in [0.1, 0.15) is 6.92 Å². The maximum Gasteiger partial charge on any atom is 0.573 e. The molecule has 1 aromatic rings. The number of rotatable bonds is 5. The Morgan fingerprint density at radius 3 is 2.59 bits per heavy atom. The number of nitrogens with zero attached hydrogens (tertiary/aromatic N) is 1. The predicted octanol–water partition coefficient (Wildman–Crippen LogP) is 2.77. The lowest BCUT2D eigenvalue weighted by Gasteiger charge is -2.20. The number of hydrogen-bond donors (Lipinski definition) is 2. The van der Waals surface area contributed by atoms with Gasteiger partial charge in [-0.1, -0.05) is 13.0 Å². The van der Waals surface area contributed by atoms with E-state index < -0.39 is 30.0 Å². The van der Waals surface area contributed by atoms with Crippen LogP contribution in [0.3, 0.4) is 0 Å². The van der Waals surface area contributed by atoms with Crippen LogP contribution in [0.4, 0.5) is 23.7 Å². The zero-order chi connectivity index (χ0) is 16.9. The van der Waals surface area contributed by atoms with Gasteiger partial charge in [0.2, 0.25) is 0 Å². The molecule has 9 heteroatoms. The fraction of sp³-hybridized carbons (Fsp3) is 0.385. The number of ether oxygens (including phenoxy) is 1. The van der Waals surface area contributed by atoms with Crippen LogP contribution in [0, 0.1) is 5.92 Å². The van der Waals surface area contributed by atoms with Crippen LogP contribution in [0.25, 0.3) is 0 Å². The Hall–Kier alpha value is -2.45. The Balaban J connectivity index is 2.68. The summed E-state index contributed by atoms with van der Waals surface area (Å²) in [6.07, 6.45) is -4.82. The topological polar surface area (TPSA) is 78.9 Å². The number of urea groups is 1. The molecule has 122 valence electrons. The minimum atomic E-state index is -4.82. The van der Waals surface area contributed by atoms with Crippen molar-refractivity contribution in [1.29, 1.82) is 0 Å². The Morgan fingerprint density at radius 2 is 2.05 bits per heavy atom. The SMILES string of the molecule is CC(CN(C)C(=O)Nc1cccc(OC(F)(F)F)c1)C(=O)O. The average Bonchev–Trinajstić information content (AvgIpc) is 2.36. The molecule has 22 heavy (non-hydrogen) atoms. The average molecular weight is 320 g/mol. The summed E-state index contributed by atoms with van der Waals surface area (Å²) < 4.78 is 40.1. The predicted molar refractivity (Wildman–Crippen MR) is 71.6 cm³/mol. The van der Waals surface area contributed by atoms with Gasteiger partial charge in [-0.3, -0.25) is 4.79 Å². The third-order valence-corrected chi connectivity index (χ3v) is 2.63. The number of carboxylic acids is 1. The summed E-state index contributed by atoms with van der Waals surface area (Å²) in [5.41, 5.74) is 0.0987. The van der Waals surface area contributed by atoms with Crippen molar-refractivity contribution in [3.8, 4) is 5.75 Å². The highest BCUT2D eigenvalue weighted by Crippen LogP contribution is 2.25. The molecule has 0 bridgehead atoms. The van der Waals surface area contributed by atoms with E-state index >= 15 is 0 Å². The zero-order valence-corrected chi connectivity index (χ0v) is 11.8. The number of carbonyl (C=O) groups excluding carboxylic acids is 1. The Morgan fingerprint density at radius 1 is 1.41 bits per heavy atom. The second-order valence-corrected chi connectivity index (χ2v) is 4.63. The van der Waals surface area contributed by atoms with Gasteiger partial charge in [0.25, 0.3) is 0 Å². The van der Waals surface area contributed by atoms with Crippen LogP contribution in [0.2, 0.25) is 0 Å². The molecule has 6 nitrogen and oxygen atoms in total. The standard InChI is InChI=1S/C13H15F3N2O4/c1-8(11(19)20)7-18(2)12(21)17-9-4-3-5-10(6-9)22-13(14,15)16/h3-6,8H,7H2,1-2H3,(H,17,21)(H,19,20). The number of benzene rings is 1. The van der Waals surface area contributed by atoms with Gasteiger partial charge in [-0.05, 0) is 12.1 Å². The van der Waals surface area contributed by atoms with E-state index in [2.05, 4.69) is 10.1 Å². The summed E-state index contributed by atoms with van der Waals surface area (Å²) in [5, 5.41) is 11.1. The molecule has 0 aromatic heterocycles. The highest BCUT2D eigenvalue weighted by Gasteiger charge is 2.31. The molecule has 0 fully saturated rings. The Bertz CT molecular complexity index is 548. The molecule has 0 heterocycles. The quantitative estimate of drug-likeness (QED) is 0.874. The third kappa shape index (κ3) is 5.90. The third-order valence-electron chi connectivity index (χ3n) is 2.63. The molecule has 0 aliphatic carbocycles. The highest BCUT2D eigenvalue weighted by atomic mass is 19.4. The smallest absolute Gasteiger partial charge is 0.481 e. The van der Waals surface area contributed by atoms with E-state index in [-0.39, 0.29) is 12.2 Å². The van der Waals surface area contributed by atoms with Crippen LogP contribution in [0.15, 0.2) is 24.3 Å². The molecule has 0 spiro atoms. The van der Waals surface area contributed by atoms with Gasteiger partial charge in [0, 0.05) is 25.3 Å². The maximum absolute atomic E-state index is 12.1. The molecule has 1 unspecified atom stereocenters. The van der Waals surface area contributed by atoms with E-state index in [9.17, 15) is 22.8 Å². The van der Waals surface area contributed by atoms with Crippen LogP contribution in [-0.4, -0.2) is 42.0 Å². The summed E-state index contributed by atoms with van der Waals surface area (Å²) >= 11 is 0. The van der Waals surface area contributed by atoms with Gasteiger partial charge in [0.1, 0.15) is 5.75 Å². The van der Waals surface area contributed by atoms with Crippen molar-refractivity contribution >= 4 is 17.7 Å². The van der Waals surface area contributed by atoms with Crippen molar-refractivity contribution < 1.29 is 32.6 Å². The molecule has 1 aromatic carbocycles. The van der Waals surface area contributed by atoms with E-state index in [1.807, 2.05) is 0 Å². The lowest BCUT2D eigenvalue weighted by Crippen LogP contribution is -2.36. The van der Waals surface area contributed by atoms with Gasteiger partial charge in [0.05, 0.1) is 5.92 Å². The summed E-state index contributed by atoms with van der Waals surface area (Å²) in [4.78, 5) is 23.7. The maximum atomic E-state index is 12.1. The monoisotopic (exact) mass is 320 g/mol. The molecule has 0 aliphatic rings. The van der Waals surface area contributed by atoms with Crippen molar-refractivity contribution in [2.45, 2.75) is 13.3 Å². The van der Waals surface area contributed by atoms with Crippen LogP contribution in [0.5, 0.6) is 5.75 Å². The first-order chi connectivity index (χ1) is 10.1. The van der Waals surface area contributed by atoms with Gasteiger partial charge >= 0.3 is 18.4 Å². The number of nitrogens with one attached hydrogen (secondary N) is 1. The van der Waals surface area contributed by atoms with Crippen molar-refractivity contribution in [2.75, 3.05) is 18.9 Å². The van der Waals surface area contributed by atoms with E-state index in [4.69, 9.17) is 5.11 Å². The number of hydrogen-bond acceptors (Lipinski definition) is 3. The molecule has 2 N–H and O–H groups in total. The largest absolute Gasteiger partial charge is 0.573 e. The summed E-state index contributed by atoms with van der Waals surface area (Å²) in [7, 11) is 1.38. The molecule has 0 saturated heterocycles. The van der Waals surface area contributed by atoms with E-state index in [1.165, 1.54) is 26.1 Å². The fourth-order valence-electron chi connectivity index (χ4n) is 1.56. The normalized spacial score (nSPS) is 12.4. The summed E-state index contributed by atoms with van der Waals surface area (Å²) in [6, 6.07) is 4.14. The summed E-state index contributed by atoms with van der Waals surface area (Å²) in [6.45, 7) is 1.39. The molecule has 0 aliphatic heterocycles. The second-order valence-electron chi connectivity index (χ2n) is 4.63. The molecule has 0 saturated carbocycles. The van der Waals surface area contributed by atoms with Crippen molar-refractivity contribution in [3.63, 3.8) is 0 Å². The van der Waals surface area contributed by atoms with Gasteiger partial charge < -0.3 is 20.1 Å². The number of amides is 2. The second kappa shape index (κ2) is 7.01. The number of halogens is 3. The summed E-state index contributed by atoms with van der Waals surface area (Å²) in [5.74, 6) is -2.29. The van der Waals surface area contributed by atoms with E-state index in [0.29, 0.717) is 0 Å². The van der Waals surface area contributed by atoms with Crippen molar-refractivity contribution in [1.82, 2.24) is 4.90 Å². The van der Waals surface area contributed by atoms with Gasteiger partial charge in [-0.2, -0.15) is 0 Å². The first-order valence-corrected chi connectivity index (χ1v) is 6.19. The minimum absolute atomic E-state index is 0.0418. The minimum Gasteiger partial charge on any atom is -0.481 e. The number of anilines is 1. The van der Waals surface area contributed by atoms with Crippen LogP contribution in [-0.2, 0) is 4.79 Å². The van der Waals surface area contributed by atoms with Crippen LogP contribution >= 0.6 is 0 Å². The molecule has 0 radical (unpaired) electrons. The fourth-order valence-corrected chi connectivity index (χ4v) is 1.56. The van der Waals surface area contributed by atoms with E-state index in [0.717, 1.165) is 17.0 Å². The first kappa shape index (κ1) is 17.6. The van der Waals surface area contributed by atoms with E-state index in [1.54, 1.807) is 0 Å². The lowest BCUT2D eigenvalue weighted by molar-refractivity contribution is -0.274. The van der Waals surface area contributed by atoms with Gasteiger partial charge in [-0.15, -0.1) is 13.2 Å². The number of carbonyl (C=O) groups is 2. The van der Waals surface area contributed by atoms with Gasteiger partial charge in [0.15, 0.2) is 0 Å². The highest BCUT2D eigenvalue weighted by molar-refractivity contribution is 5.89. The Labute approximate surface area is 124 Å². The number of carboxylic acid groups (broad SMARTS) is 1. The molecular weight excluding hydrogens is 305 g/mol. The van der Waals surface area contributed by atoms with Crippen LogP contribution < -0.4 is 10.1 Å². The number of alkyl halides is 3. The molecule has 1 rings (SSSR count). The zero-order valence-electron chi connectivity index (χ0n) is 11.8. The first-order valence-electron chi connectivity index (χ1n) is 6.19. The Kier molecular flexibility index (Phi) is 5.61. The van der Waals surface area contributed by atoms with Gasteiger partial charge in [-0.25, -0.2) is 4.79 Å². The molecule has 2 amide bonds.